The van der Waals surface area contributed by atoms with Gasteiger partial charge in [0, 0.05) is 33.8 Å². The second-order valence-corrected chi connectivity index (χ2v) is 8.93. The molecule has 0 bridgehead atoms. The summed E-state index contributed by atoms with van der Waals surface area (Å²) >= 11 is 0. The fraction of sp³-hybridized carbons (Fsp3) is 0.258. The number of ether oxygens (including phenoxy) is 2. The Kier molecular flexibility index (Phi) is 7.49. The molecule has 1 N–H and O–H groups in total. The molecule has 0 atom stereocenters. The van der Waals surface area contributed by atoms with E-state index in [0.717, 1.165) is 50.3 Å². The van der Waals surface area contributed by atoms with Crippen LogP contribution in [0.4, 0.5) is 5.69 Å². The smallest absolute Gasteiger partial charge is 0.248 e. The fourth-order valence-electron chi connectivity index (χ4n) is 4.52. The van der Waals surface area contributed by atoms with Crippen LogP contribution in [0.25, 0.3) is 27.7 Å². The van der Waals surface area contributed by atoms with Crippen molar-refractivity contribution < 1.29 is 18.7 Å². The van der Waals surface area contributed by atoms with Crippen molar-refractivity contribution in [1.29, 1.82) is 0 Å². The maximum Gasteiger partial charge on any atom is 0.248 e. The lowest BCUT2D eigenvalue weighted by Crippen LogP contribution is -2.09. The molecule has 4 aromatic rings. The Labute approximate surface area is 212 Å². The van der Waals surface area contributed by atoms with Crippen LogP contribution in [0.2, 0.25) is 0 Å². The van der Waals surface area contributed by atoms with Crippen LogP contribution in [-0.2, 0) is 4.79 Å². The van der Waals surface area contributed by atoms with E-state index in [-0.39, 0.29) is 5.91 Å². The number of amides is 1. The van der Waals surface area contributed by atoms with Crippen LogP contribution in [0, 0.1) is 20.8 Å². The summed E-state index contributed by atoms with van der Waals surface area (Å²) in [5, 5.41) is 3.93. The Morgan fingerprint density at radius 2 is 1.67 bits per heavy atom. The monoisotopic (exact) mass is 483 g/mol. The van der Waals surface area contributed by atoms with Crippen molar-refractivity contribution >= 4 is 28.1 Å². The van der Waals surface area contributed by atoms with E-state index in [9.17, 15) is 4.79 Å². The van der Waals surface area contributed by atoms with Gasteiger partial charge in [0.1, 0.15) is 17.1 Å². The first kappa shape index (κ1) is 25.1. The summed E-state index contributed by atoms with van der Waals surface area (Å²) in [6, 6.07) is 15.8. The van der Waals surface area contributed by atoms with Gasteiger partial charge in [-0.3, -0.25) is 4.79 Å². The van der Waals surface area contributed by atoms with E-state index in [4.69, 9.17) is 13.9 Å². The number of aryl methyl sites for hydroxylation is 3. The van der Waals surface area contributed by atoms with Gasteiger partial charge in [-0.05, 0) is 88.6 Å². The number of benzene rings is 3. The standard InChI is InChI=1S/C31H33NO4/c1-7-34-24-12-10-23(11-13-24)32-29(33)16-21(5)26-17-27-28(25-14-9-19(3)15-20(25)4)18-36-31(27)22(6)30(26)35-8-2/h9-18H,7-8H2,1-6H3,(H,32,33)/b21-16+. The Hall–Kier alpha value is -3.99. The van der Waals surface area contributed by atoms with E-state index in [2.05, 4.69) is 43.4 Å². The van der Waals surface area contributed by atoms with Crippen molar-refractivity contribution in [2.45, 2.75) is 41.5 Å². The first-order valence-corrected chi connectivity index (χ1v) is 12.3. The van der Waals surface area contributed by atoms with E-state index in [1.807, 2.05) is 58.2 Å². The van der Waals surface area contributed by atoms with Gasteiger partial charge in [-0.15, -0.1) is 0 Å². The van der Waals surface area contributed by atoms with Crippen molar-refractivity contribution in [3.63, 3.8) is 0 Å². The summed E-state index contributed by atoms with van der Waals surface area (Å²) in [6.45, 7) is 13.1. The van der Waals surface area contributed by atoms with Crippen molar-refractivity contribution in [2.24, 2.45) is 0 Å². The lowest BCUT2D eigenvalue weighted by molar-refractivity contribution is -0.111. The molecule has 5 nitrogen and oxygen atoms in total. The molecule has 0 saturated heterocycles. The van der Waals surface area contributed by atoms with E-state index in [0.29, 0.717) is 18.9 Å². The molecule has 3 aromatic carbocycles. The number of allylic oxidation sites excluding steroid dienone is 1. The third kappa shape index (κ3) is 5.15. The van der Waals surface area contributed by atoms with Crippen LogP contribution >= 0.6 is 0 Å². The van der Waals surface area contributed by atoms with Crippen LogP contribution in [-0.4, -0.2) is 19.1 Å². The highest BCUT2D eigenvalue weighted by molar-refractivity contribution is 6.06. The number of carbonyl (C=O) groups is 1. The van der Waals surface area contributed by atoms with E-state index >= 15 is 0 Å². The topological polar surface area (TPSA) is 60.7 Å². The zero-order valence-corrected chi connectivity index (χ0v) is 21.8. The van der Waals surface area contributed by atoms with Crippen molar-refractivity contribution in [2.75, 3.05) is 18.5 Å². The van der Waals surface area contributed by atoms with Gasteiger partial charge < -0.3 is 19.2 Å². The molecule has 0 fully saturated rings. The number of hydrogen-bond donors (Lipinski definition) is 1. The van der Waals surface area contributed by atoms with Crippen LogP contribution in [0.1, 0.15) is 43.0 Å². The van der Waals surface area contributed by atoms with Gasteiger partial charge in [0.15, 0.2) is 0 Å². The van der Waals surface area contributed by atoms with Crippen molar-refractivity contribution in [3.05, 3.63) is 83.1 Å². The number of fused-ring (bicyclic) bond motifs is 1. The van der Waals surface area contributed by atoms with Gasteiger partial charge in [-0.2, -0.15) is 0 Å². The minimum absolute atomic E-state index is 0.210. The fourth-order valence-corrected chi connectivity index (χ4v) is 4.52. The molecule has 0 spiro atoms. The van der Waals surface area contributed by atoms with Crippen molar-refractivity contribution in [3.8, 4) is 22.6 Å². The Morgan fingerprint density at radius 1 is 0.944 bits per heavy atom. The van der Waals surface area contributed by atoms with Gasteiger partial charge in [0.25, 0.3) is 0 Å². The zero-order valence-electron chi connectivity index (χ0n) is 21.8. The molecule has 0 aliphatic carbocycles. The third-order valence-corrected chi connectivity index (χ3v) is 6.21. The highest BCUT2D eigenvalue weighted by Gasteiger charge is 2.20. The summed E-state index contributed by atoms with van der Waals surface area (Å²) in [4.78, 5) is 12.9. The van der Waals surface area contributed by atoms with Crippen LogP contribution < -0.4 is 14.8 Å². The van der Waals surface area contributed by atoms with E-state index < -0.39 is 0 Å². The van der Waals surface area contributed by atoms with Gasteiger partial charge in [0.05, 0.1) is 19.5 Å². The molecule has 0 radical (unpaired) electrons. The quantitative estimate of drug-likeness (QED) is 0.259. The normalized spacial score (nSPS) is 11.6. The van der Waals surface area contributed by atoms with Gasteiger partial charge >= 0.3 is 0 Å². The van der Waals surface area contributed by atoms with E-state index in [1.54, 1.807) is 6.08 Å². The van der Waals surface area contributed by atoms with Crippen LogP contribution in [0.3, 0.4) is 0 Å². The van der Waals surface area contributed by atoms with Gasteiger partial charge in [-0.25, -0.2) is 0 Å². The Morgan fingerprint density at radius 3 is 2.33 bits per heavy atom. The summed E-state index contributed by atoms with van der Waals surface area (Å²) < 4.78 is 17.6. The highest BCUT2D eigenvalue weighted by atomic mass is 16.5. The third-order valence-electron chi connectivity index (χ3n) is 6.21. The molecule has 0 aliphatic rings. The molecule has 1 aromatic heterocycles. The summed E-state index contributed by atoms with van der Waals surface area (Å²) in [6.07, 6.45) is 3.42. The molecule has 0 unspecified atom stereocenters. The SMILES string of the molecule is CCOc1ccc(NC(=O)/C=C(\C)c2cc3c(-c4ccc(C)cc4C)coc3c(C)c2OCC)cc1. The molecular weight excluding hydrogens is 450 g/mol. The Bertz CT molecular complexity index is 1430. The first-order chi connectivity index (χ1) is 17.3. The second kappa shape index (κ2) is 10.7. The van der Waals surface area contributed by atoms with Crippen LogP contribution in [0.15, 0.2) is 65.3 Å². The van der Waals surface area contributed by atoms with Crippen LogP contribution in [0.5, 0.6) is 11.5 Å². The largest absolute Gasteiger partial charge is 0.494 e. The molecule has 0 aliphatic heterocycles. The van der Waals surface area contributed by atoms with Gasteiger partial charge in [0.2, 0.25) is 5.91 Å². The maximum absolute atomic E-state index is 12.9. The first-order valence-electron chi connectivity index (χ1n) is 12.3. The lowest BCUT2D eigenvalue weighted by atomic mass is 9.94. The molecule has 1 amide bonds. The molecule has 4 rings (SSSR count). The predicted octanol–water partition coefficient (Wildman–Crippen LogP) is 7.86. The second-order valence-electron chi connectivity index (χ2n) is 8.93. The van der Waals surface area contributed by atoms with E-state index in [1.165, 1.54) is 11.1 Å². The average Bonchev–Trinajstić information content (AvgIpc) is 3.26. The van der Waals surface area contributed by atoms with Crippen molar-refractivity contribution in [1.82, 2.24) is 0 Å². The Balaban J connectivity index is 1.73. The molecule has 186 valence electrons. The molecule has 1 heterocycles. The maximum atomic E-state index is 12.9. The van der Waals surface area contributed by atoms with Gasteiger partial charge in [-0.1, -0.05) is 23.8 Å². The highest BCUT2D eigenvalue weighted by Crippen LogP contribution is 2.41. The lowest BCUT2D eigenvalue weighted by Gasteiger charge is -2.15. The minimum Gasteiger partial charge on any atom is -0.494 e. The minimum atomic E-state index is -0.210. The number of rotatable bonds is 8. The summed E-state index contributed by atoms with van der Waals surface area (Å²) in [5.74, 6) is 1.29. The molecule has 0 saturated carbocycles. The summed E-state index contributed by atoms with van der Waals surface area (Å²) in [7, 11) is 0. The number of carbonyl (C=O) groups excluding carboxylic acids is 1. The average molecular weight is 484 g/mol. The number of nitrogens with one attached hydrogen (secondary N) is 1. The number of furan rings is 1. The molecule has 36 heavy (non-hydrogen) atoms. The predicted molar refractivity (Wildman–Crippen MR) is 147 cm³/mol. The number of hydrogen-bond acceptors (Lipinski definition) is 4. The number of anilines is 1. The molecular formula is C31H33NO4. The summed E-state index contributed by atoms with van der Waals surface area (Å²) in [5.41, 5.74) is 8.66. The molecule has 5 heteroatoms. The zero-order chi connectivity index (χ0) is 25.8.